The van der Waals surface area contributed by atoms with Crippen LogP contribution in [0.1, 0.15) is 57.4 Å². The number of nitrogens with zero attached hydrogens (tertiary/aromatic N) is 1. The molecule has 0 aromatic heterocycles. The van der Waals surface area contributed by atoms with Crippen LogP contribution in [-0.2, 0) is 14.8 Å². The molecule has 30 heavy (non-hydrogen) atoms. The average Bonchev–Trinajstić information content (AvgIpc) is 3.08. The topological polar surface area (TPSA) is 87.7 Å². The van der Waals surface area contributed by atoms with Crippen molar-refractivity contribution in [3.8, 4) is 0 Å². The minimum atomic E-state index is -3.36. The zero-order chi connectivity index (χ0) is 21.7. The smallest absolute Gasteiger partial charge is 0.317 e. The van der Waals surface area contributed by atoms with E-state index in [-0.39, 0.29) is 30.3 Å². The molecule has 1 aliphatic heterocycles. The highest BCUT2D eigenvalue weighted by molar-refractivity contribution is 7.88. The highest BCUT2D eigenvalue weighted by Crippen LogP contribution is 2.34. The maximum atomic E-state index is 12.6. The zero-order valence-corrected chi connectivity index (χ0v) is 19.0. The molecule has 1 saturated heterocycles. The minimum absolute atomic E-state index is 0.0225. The monoisotopic (exact) mass is 437 g/mol. The molecular formula is C22H35N3O4S. The van der Waals surface area contributed by atoms with Gasteiger partial charge in [0.25, 0.3) is 0 Å². The summed E-state index contributed by atoms with van der Waals surface area (Å²) < 4.78 is 32.5. The zero-order valence-electron chi connectivity index (χ0n) is 18.2. The van der Waals surface area contributed by atoms with Crippen molar-refractivity contribution in [3.63, 3.8) is 0 Å². The Morgan fingerprint density at radius 3 is 2.40 bits per heavy atom. The maximum absolute atomic E-state index is 12.6. The van der Waals surface area contributed by atoms with E-state index in [1.165, 1.54) is 5.56 Å². The van der Waals surface area contributed by atoms with Crippen molar-refractivity contribution >= 4 is 16.1 Å². The Hall–Kier alpha value is -1.64. The molecule has 0 bridgehead atoms. The first-order valence-corrected chi connectivity index (χ1v) is 12.8. The summed E-state index contributed by atoms with van der Waals surface area (Å²) in [5, 5.41) is 2.91. The van der Waals surface area contributed by atoms with Gasteiger partial charge in [0.2, 0.25) is 10.0 Å². The van der Waals surface area contributed by atoms with E-state index in [1.807, 2.05) is 19.9 Å². The van der Waals surface area contributed by atoms with Crippen LogP contribution in [0.15, 0.2) is 30.3 Å². The second-order valence-electron chi connectivity index (χ2n) is 8.87. The fourth-order valence-corrected chi connectivity index (χ4v) is 5.40. The predicted octanol–water partition coefficient (Wildman–Crippen LogP) is 2.84. The Morgan fingerprint density at radius 2 is 1.80 bits per heavy atom. The molecule has 2 atom stereocenters. The minimum Gasteiger partial charge on any atom is -0.376 e. The van der Waals surface area contributed by atoms with Gasteiger partial charge in [-0.2, -0.15) is 0 Å². The number of carbonyl (C=O) groups is 1. The number of carbonyl (C=O) groups excluding carboxylic acids is 1. The molecule has 0 spiro atoms. The number of amides is 2. The molecule has 1 aromatic rings. The summed E-state index contributed by atoms with van der Waals surface area (Å²) in [7, 11) is -3.36. The van der Waals surface area contributed by atoms with E-state index >= 15 is 0 Å². The van der Waals surface area contributed by atoms with Crippen LogP contribution in [0.25, 0.3) is 0 Å². The normalized spacial score (nSPS) is 27.4. The number of hydrogen-bond acceptors (Lipinski definition) is 4. The van der Waals surface area contributed by atoms with Gasteiger partial charge in [-0.3, -0.25) is 0 Å². The lowest BCUT2D eigenvalue weighted by Crippen LogP contribution is -2.52. The van der Waals surface area contributed by atoms with Crippen molar-refractivity contribution in [1.82, 2.24) is 14.9 Å². The van der Waals surface area contributed by atoms with Gasteiger partial charge in [0.05, 0.1) is 25.0 Å². The Balaban J connectivity index is 1.57. The molecule has 2 amide bonds. The molecule has 1 saturated carbocycles. The molecule has 7 nitrogen and oxygen atoms in total. The lowest BCUT2D eigenvalue weighted by Gasteiger charge is -2.33. The first kappa shape index (κ1) is 23.0. The molecule has 0 radical (unpaired) electrons. The SMILES string of the molecule is CC(C)NC(=O)N1CC[C@H](NS(C)(=O)=O)[C@@H]1COC1CCC(c2ccccc2)CC1. The highest BCUT2D eigenvalue weighted by atomic mass is 32.2. The molecule has 168 valence electrons. The Kier molecular flexibility index (Phi) is 7.76. The number of urea groups is 1. The first-order chi connectivity index (χ1) is 14.2. The summed E-state index contributed by atoms with van der Waals surface area (Å²) in [6.45, 7) is 4.69. The van der Waals surface area contributed by atoms with Crippen LogP contribution in [0.2, 0.25) is 0 Å². The van der Waals surface area contributed by atoms with E-state index < -0.39 is 10.0 Å². The van der Waals surface area contributed by atoms with Crippen molar-refractivity contribution in [3.05, 3.63) is 35.9 Å². The summed E-state index contributed by atoms with van der Waals surface area (Å²) in [4.78, 5) is 14.3. The predicted molar refractivity (Wildman–Crippen MR) is 118 cm³/mol. The van der Waals surface area contributed by atoms with Crippen LogP contribution in [0.4, 0.5) is 4.79 Å². The van der Waals surface area contributed by atoms with Crippen molar-refractivity contribution < 1.29 is 17.9 Å². The molecule has 2 fully saturated rings. The molecule has 8 heteroatoms. The van der Waals surface area contributed by atoms with Crippen LogP contribution >= 0.6 is 0 Å². The summed E-state index contributed by atoms with van der Waals surface area (Å²) >= 11 is 0. The lowest BCUT2D eigenvalue weighted by atomic mass is 9.83. The Bertz CT molecular complexity index is 792. The van der Waals surface area contributed by atoms with Crippen LogP contribution in [-0.4, -0.2) is 63.0 Å². The third kappa shape index (κ3) is 6.43. The molecule has 2 N–H and O–H groups in total. The summed E-state index contributed by atoms with van der Waals surface area (Å²) in [6, 6.07) is 9.84. The van der Waals surface area contributed by atoms with Crippen molar-refractivity contribution in [1.29, 1.82) is 0 Å². The van der Waals surface area contributed by atoms with Gasteiger partial charge in [-0.05, 0) is 57.4 Å². The fourth-order valence-electron chi connectivity index (χ4n) is 4.58. The molecule has 0 unspecified atom stereocenters. The number of nitrogens with one attached hydrogen (secondary N) is 2. The number of sulfonamides is 1. The van der Waals surface area contributed by atoms with Crippen molar-refractivity contribution in [2.24, 2.45) is 0 Å². The van der Waals surface area contributed by atoms with E-state index in [0.29, 0.717) is 25.5 Å². The average molecular weight is 438 g/mol. The summed E-state index contributed by atoms with van der Waals surface area (Å²) in [5.74, 6) is 0.575. The summed E-state index contributed by atoms with van der Waals surface area (Å²) in [5.41, 5.74) is 1.39. The highest BCUT2D eigenvalue weighted by Gasteiger charge is 2.39. The van der Waals surface area contributed by atoms with Gasteiger partial charge in [-0.25, -0.2) is 17.9 Å². The van der Waals surface area contributed by atoms with Crippen LogP contribution in [0.5, 0.6) is 0 Å². The van der Waals surface area contributed by atoms with E-state index in [2.05, 4.69) is 34.3 Å². The van der Waals surface area contributed by atoms with Gasteiger partial charge in [0.15, 0.2) is 0 Å². The third-order valence-electron chi connectivity index (χ3n) is 6.03. The molecule has 1 aliphatic carbocycles. The van der Waals surface area contributed by atoms with Gasteiger partial charge in [-0.15, -0.1) is 0 Å². The standard InChI is InChI=1S/C22H35N3O4S/c1-16(2)23-22(26)25-14-13-20(24-30(3,27)28)21(25)15-29-19-11-9-18(10-12-19)17-7-5-4-6-8-17/h4-8,16,18-21,24H,9-15H2,1-3H3,(H,23,26)/t18?,19?,20-,21-/m0/s1. The first-order valence-electron chi connectivity index (χ1n) is 10.9. The second kappa shape index (κ2) is 10.1. The van der Waals surface area contributed by atoms with Gasteiger partial charge >= 0.3 is 6.03 Å². The largest absolute Gasteiger partial charge is 0.376 e. The van der Waals surface area contributed by atoms with Crippen LogP contribution in [0, 0.1) is 0 Å². The number of rotatable bonds is 7. The fraction of sp³-hybridized carbons (Fsp3) is 0.682. The number of benzene rings is 1. The molecule has 1 aromatic carbocycles. The quantitative estimate of drug-likeness (QED) is 0.687. The number of hydrogen-bond donors (Lipinski definition) is 2. The van der Waals surface area contributed by atoms with Crippen molar-refractivity contribution in [2.45, 2.75) is 76.1 Å². The van der Waals surface area contributed by atoms with Gasteiger partial charge in [0, 0.05) is 18.6 Å². The van der Waals surface area contributed by atoms with Gasteiger partial charge in [0.1, 0.15) is 0 Å². The van der Waals surface area contributed by atoms with Crippen LogP contribution in [0.3, 0.4) is 0 Å². The van der Waals surface area contributed by atoms with E-state index in [4.69, 9.17) is 4.74 Å². The third-order valence-corrected chi connectivity index (χ3v) is 6.76. The molecule has 1 heterocycles. The Labute approximate surface area is 180 Å². The maximum Gasteiger partial charge on any atom is 0.317 e. The second-order valence-corrected chi connectivity index (χ2v) is 10.6. The van der Waals surface area contributed by atoms with E-state index in [9.17, 15) is 13.2 Å². The lowest BCUT2D eigenvalue weighted by molar-refractivity contribution is -0.000748. The summed E-state index contributed by atoms with van der Waals surface area (Å²) in [6.07, 6.45) is 6.03. The van der Waals surface area contributed by atoms with Gasteiger partial charge < -0.3 is 15.0 Å². The Morgan fingerprint density at radius 1 is 1.13 bits per heavy atom. The molecule has 3 rings (SSSR count). The number of likely N-dealkylation sites (tertiary alicyclic amines) is 1. The molecular weight excluding hydrogens is 402 g/mol. The molecule has 2 aliphatic rings. The number of ether oxygens (including phenoxy) is 1. The van der Waals surface area contributed by atoms with E-state index in [1.54, 1.807) is 4.90 Å². The van der Waals surface area contributed by atoms with E-state index in [0.717, 1.165) is 31.9 Å². The van der Waals surface area contributed by atoms with Crippen molar-refractivity contribution in [2.75, 3.05) is 19.4 Å². The van der Waals surface area contributed by atoms with Gasteiger partial charge in [-0.1, -0.05) is 30.3 Å². The van der Waals surface area contributed by atoms with Crippen LogP contribution < -0.4 is 10.0 Å².